The number of benzene rings is 1. The second-order valence-corrected chi connectivity index (χ2v) is 6.01. The second-order valence-electron chi connectivity index (χ2n) is 5.63. The first kappa shape index (κ1) is 14.8. The standard InChI is InChI=1S/C16H21ClFN3/c1-2-20-10-4-5-12(11-20)21-14-7-3-6-13(18)16(14)19-15(21)8-9-17/h3,6-7,12H,2,4-5,8-11H2,1H3. The van der Waals surface area contributed by atoms with Crippen molar-refractivity contribution in [2.75, 3.05) is 25.5 Å². The fraction of sp³-hybridized carbons (Fsp3) is 0.562. The molecule has 1 aromatic carbocycles. The first-order valence-electron chi connectivity index (χ1n) is 7.68. The van der Waals surface area contributed by atoms with Gasteiger partial charge in [-0.15, -0.1) is 11.6 Å². The maximum absolute atomic E-state index is 14.0. The van der Waals surface area contributed by atoms with Gasteiger partial charge in [-0.3, -0.25) is 0 Å². The van der Waals surface area contributed by atoms with Gasteiger partial charge in [-0.2, -0.15) is 0 Å². The van der Waals surface area contributed by atoms with Crippen LogP contribution in [0.15, 0.2) is 18.2 Å². The van der Waals surface area contributed by atoms with Crippen molar-refractivity contribution >= 4 is 22.6 Å². The second kappa shape index (κ2) is 6.32. The third-order valence-corrected chi connectivity index (χ3v) is 4.54. The molecular weight excluding hydrogens is 289 g/mol. The Labute approximate surface area is 129 Å². The zero-order valence-corrected chi connectivity index (χ0v) is 13.1. The van der Waals surface area contributed by atoms with Crippen LogP contribution in [0.4, 0.5) is 4.39 Å². The van der Waals surface area contributed by atoms with Crippen molar-refractivity contribution in [3.8, 4) is 0 Å². The Bertz CT molecular complexity index is 625. The van der Waals surface area contributed by atoms with Crippen LogP contribution in [0.5, 0.6) is 0 Å². The molecule has 1 saturated heterocycles. The van der Waals surface area contributed by atoms with E-state index >= 15 is 0 Å². The minimum absolute atomic E-state index is 0.245. The van der Waals surface area contributed by atoms with E-state index < -0.39 is 0 Å². The van der Waals surface area contributed by atoms with Gasteiger partial charge in [0.25, 0.3) is 0 Å². The van der Waals surface area contributed by atoms with Gasteiger partial charge >= 0.3 is 0 Å². The number of aromatic nitrogens is 2. The predicted octanol–water partition coefficient (Wildman–Crippen LogP) is 3.61. The van der Waals surface area contributed by atoms with Crippen molar-refractivity contribution < 1.29 is 4.39 Å². The average molecular weight is 310 g/mol. The lowest BCUT2D eigenvalue weighted by molar-refractivity contribution is 0.186. The summed E-state index contributed by atoms with van der Waals surface area (Å²) in [6, 6.07) is 5.57. The normalized spacial score (nSPS) is 20.2. The Balaban J connectivity index is 2.06. The van der Waals surface area contributed by atoms with Crippen molar-refractivity contribution in [1.29, 1.82) is 0 Å². The van der Waals surface area contributed by atoms with Crippen LogP contribution in [-0.2, 0) is 6.42 Å². The zero-order valence-electron chi connectivity index (χ0n) is 12.4. The van der Waals surface area contributed by atoms with Crippen molar-refractivity contribution in [2.24, 2.45) is 0 Å². The van der Waals surface area contributed by atoms with Gasteiger partial charge < -0.3 is 9.47 Å². The number of fused-ring (bicyclic) bond motifs is 1. The van der Waals surface area contributed by atoms with Crippen LogP contribution in [0.1, 0.15) is 31.6 Å². The van der Waals surface area contributed by atoms with Crippen molar-refractivity contribution in [3.63, 3.8) is 0 Å². The van der Waals surface area contributed by atoms with Crippen LogP contribution in [0.2, 0.25) is 0 Å². The van der Waals surface area contributed by atoms with E-state index in [1.54, 1.807) is 6.07 Å². The molecular formula is C16H21ClFN3. The summed E-state index contributed by atoms with van der Waals surface area (Å²) in [6.07, 6.45) is 2.97. The zero-order chi connectivity index (χ0) is 14.8. The molecule has 21 heavy (non-hydrogen) atoms. The maximum atomic E-state index is 14.0. The number of aryl methyl sites for hydroxylation is 1. The summed E-state index contributed by atoms with van der Waals surface area (Å²) in [5, 5.41) is 0. The average Bonchev–Trinajstić information content (AvgIpc) is 2.87. The number of rotatable bonds is 4. The highest BCUT2D eigenvalue weighted by Crippen LogP contribution is 2.29. The van der Waals surface area contributed by atoms with Gasteiger partial charge in [0.05, 0.1) is 5.52 Å². The van der Waals surface area contributed by atoms with Crippen LogP contribution in [-0.4, -0.2) is 40.0 Å². The third kappa shape index (κ3) is 2.79. The van der Waals surface area contributed by atoms with Crippen LogP contribution < -0.4 is 0 Å². The summed E-state index contributed by atoms with van der Waals surface area (Å²) in [7, 11) is 0. The van der Waals surface area contributed by atoms with Crippen LogP contribution in [0.3, 0.4) is 0 Å². The SMILES string of the molecule is CCN1CCCC(n2c(CCCl)nc3c(F)cccc32)C1. The highest BCUT2D eigenvalue weighted by Gasteiger charge is 2.25. The van der Waals surface area contributed by atoms with E-state index in [1.165, 1.54) is 12.5 Å². The lowest BCUT2D eigenvalue weighted by atomic mass is 10.0. The molecule has 1 atom stereocenters. The number of alkyl halides is 1. The number of nitrogens with zero attached hydrogens (tertiary/aromatic N) is 3. The summed E-state index contributed by atoms with van der Waals surface area (Å²) in [5.41, 5.74) is 1.38. The van der Waals surface area contributed by atoms with Gasteiger partial charge in [-0.05, 0) is 38.1 Å². The Morgan fingerprint density at radius 3 is 3.05 bits per heavy atom. The molecule has 1 unspecified atom stereocenters. The monoisotopic (exact) mass is 309 g/mol. The van der Waals surface area contributed by atoms with Crippen molar-refractivity contribution in [2.45, 2.75) is 32.2 Å². The number of para-hydroxylation sites is 1. The quantitative estimate of drug-likeness (QED) is 0.804. The largest absolute Gasteiger partial charge is 0.323 e. The molecule has 2 aromatic rings. The first-order chi connectivity index (χ1) is 10.2. The number of halogens is 2. The minimum atomic E-state index is -0.245. The molecule has 1 aromatic heterocycles. The third-order valence-electron chi connectivity index (χ3n) is 4.36. The van der Waals surface area contributed by atoms with Gasteiger partial charge in [0, 0.05) is 24.9 Å². The van der Waals surface area contributed by atoms with E-state index in [0.29, 0.717) is 23.9 Å². The topological polar surface area (TPSA) is 21.1 Å². The van der Waals surface area contributed by atoms with Crippen LogP contribution in [0, 0.1) is 5.82 Å². The Kier molecular flexibility index (Phi) is 4.45. The van der Waals surface area contributed by atoms with Crippen molar-refractivity contribution in [3.05, 3.63) is 29.8 Å². The number of imidazole rings is 1. The van der Waals surface area contributed by atoms with Crippen molar-refractivity contribution in [1.82, 2.24) is 14.5 Å². The first-order valence-corrected chi connectivity index (χ1v) is 8.21. The van der Waals surface area contributed by atoms with E-state index in [1.807, 2.05) is 6.07 Å². The van der Waals surface area contributed by atoms with Gasteiger partial charge in [-0.1, -0.05) is 13.0 Å². The van der Waals surface area contributed by atoms with E-state index in [9.17, 15) is 4.39 Å². The number of likely N-dealkylation sites (N-methyl/N-ethyl adjacent to an activating group) is 1. The summed E-state index contributed by atoms with van der Waals surface area (Å²) < 4.78 is 16.2. The molecule has 0 saturated carbocycles. The Morgan fingerprint density at radius 1 is 1.43 bits per heavy atom. The smallest absolute Gasteiger partial charge is 0.151 e. The summed E-state index contributed by atoms with van der Waals surface area (Å²) in [4.78, 5) is 6.96. The molecule has 2 heterocycles. The molecule has 1 aliphatic rings. The molecule has 0 amide bonds. The molecule has 114 valence electrons. The fourth-order valence-electron chi connectivity index (χ4n) is 3.33. The molecule has 3 nitrogen and oxygen atoms in total. The van der Waals surface area contributed by atoms with Gasteiger partial charge in [-0.25, -0.2) is 9.37 Å². The highest BCUT2D eigenvalue weighted by atomic mass is 35.5. The van der Waals surface area contributed by atoms with E-state index in [2.05, 4.69) is 21.4 Å². The molecule has 0 N–H and O–H groups in total. The summed E-state index contributed by atoms with van der Waals surface area (Å²) >= 11 is 5.91. The minimum Gasteiger partial charge on any atom is -0.323 e. The molecule has 0 spiro atoms. The Hall–Kier alpha value is -1.13. The number of piperidine rings is 1. The number of likely N-dealkylation sites (tertiary alicyclic amines) is 1. The van der Waals surface area contributed by atoms with E-state index in [-0.39, 0.29) is 5.82 Å². The number of hydrogen-bond donors (Lipinski definition) is 0. The summed E-state index contributed by atoms with van der Waals surface area (Å²) in [5.74, 6) is 1.17. The highest BCUT2D eigenvalue weighted by molar-refractivity contribution is 6.17. The van der Waals surface area contributed by atoms with Gasteiger partial charge in [0.15, 0.2) is 5.82 Å². The lowest BCUT2D eigenvalue weighted by Crippen LogP contribution is -2.36. The van der Waals surface area contributed by atoms with Gasteiger partial charge in [0.2, 0.25) is 0 Å². The maximum Gasteiger partial charge on any atom is 0.151 e. The van der Waals surface area contributed by atoms with E-state index in [4.69, 9.17) is 11.6 Å². The Morgan fingerprint density at radius 2 is 2.29 bits per heavy atom. The van der Waals surface area contributed by atoms with Gasteiger partial charge in [0.1, 0.15) is 11.3 Å². The molecule has 0 bridgehead atoms. The molecule has 0 radical (unpaired) electrons. The lowest BCUT2D eigenvalue weighted by Gasteiger charge is -2.33. The molecule has 1 aliphatic heterocycles. The van der Waals surface area contributed by atoms with Crippen LogP contribution >= 0.6 is 11.6 Å². The molecule has 3 rings (SSSR count). The van der Waals surface area contributed by atoms with Crippen LogP contribution in [0.25, 0.3) is 11.0 Å². The predicted molar refractivity (Wildman–Crippen MR) is 84.5 cm³/mol. The number of hydrogen-bond acceptors (Lipinski definition) is 2. The molecule has 5 heteroatoms. The van der Waals surface area contributed by atoms with E-state index in [0.717, 1.165) is 37.4 Å². The summed E-state index contributed by atoms with van der Waals surface area (Å²) in [6.45, 7) is 5.41. The fourth-order valence-corrected chi connectivity index (χ4v) is 3.50. The molecule has 0 aliphatic carbocycles. The molecule has 1 fully saturated rings.